The summed E-state index contributed by atoms with van der Waals surface area (Å²) in [5, 5.41) is 4.54. The second-order valence-electron chi connectivity index (χ2n) is 6.01. The van der Waals surface area contributed by atoms with E-state index in [-0.39, 0.29) is 24.1 Å². The molecular formula is C17H17N3O3S2. The molecule has 0 spiro atoms. The molecule has 1 unspecified atom stereocenters. The standard InChI is InChI=1S/C17H17N3O3S2/c1-11-7-19(4-5-23-11)14(21)8-20-10-18-16-15(17(20)22)12(9-25-16)13-3-2-6-24-13/h2-3,6,9-11H,4-5,7-8H2,1H3. The van der Waals surface area contributed by atoms with Gasteiger partial charge in [-0.25, -0.2) is 4.98 Å². The number of hydrogen-bond donors (Lipinski definition) is 0. The van der Waals surface area contributed by atoms with Crippen molar-refractivity contribution in [2.45, 2.75) is 19.6 Å². The highest BCUT2D eigenvalue weighted by molar-refractivity contribution is 7.18. The summed E-state index contributed by atoms with van der Waals surface area (Å²) in [6.07, 6.45) is 1.50. The van der Waals surface area contributed by atoms with E-state index in [9.17, 15) is 9.59 Å². The van der Waals surface area contributed by atoms with Gasteiger partial charge in [0.2, 0.25) is 5.91 Å². The number of nitrogens with zero attached hydrogens (tertiary/aromatic N) is 3. The topological polar surface area (TPSA) is 64.4 Å². The van der Waals surface area contributed by atoms with Crippen LogP contribution in [0.2, 0.25) is 0 Å². The number of carbonyl (C=O) groups is 1. The van der Waals surface area contributed by atoms with Gasteiger partial charge in [0, 0.05) is 28.9 Å². The van der Waals surface area contributed by atoms with Crippen LogP contribution in [0.3, 0.4) is 0 Å². The van der Waals surface area contributed by atoms with Gasteiger partial charge < -0.3 is 9.64 Å². The number of fused-ring (bicyclic) bond motifs is 1. The average molecular weight is 375 g/mol. The van der Waals surface area contributed by atoms with Gasteiger partial charge in [-0.05, 0) is 18.4 Å². The largest absolute Gasteiger partial charge is 0.375 e. The number of carbonyl (C=O) groups excluding carboxylic acids is 1. The van der Waals surface area contributed by atoms with Crippen molar-refractivity contribution in [1.29, 1.82) is 0 Å². The lowest BCUT2D eigenvalue weighted by Crippen LogP contribution is -2.46. The van der Waals surface area contributed by atoms with E-state index >= 15 is 0 Å². The molecule has 1 saturated heterocycles. The first-order valence-corrected chi connectivity index (χ1v) is 9.79. The molecule has 0 saturated carbocycles. The number of aromatic nitrogens is 2. The summed E-state index contributed by atoms with van der Waals surface area (Å²) in [5.74, 6) is -0.0775. The SMILES string of the molecule is CC1CN(C(=O)Cn2cnc3scc(-c4cccs4)c3c2=O)CCO1. The quantitative estimate of drug-likeness (QED) is 0.705. The molecule has 0 aromatic carbocycles. The Balaban J connectivity index is 1.66. The molecule has 4 heterocycles. The summed E-state index contributed by atoms with van der Waals surface area (Å²) in [4.78, 5) is 33.3. The van der Waals surface area contributed by atoms with Gasteiger partial charge in [-0.2, -0.15) is 0 Å². The van der Waals surface area contributed by atoms with Crippen LogP contribution in [-0.4, -0.2) is 46.2 Å². The molecule has 0 aliphatic carbocycles. The van der Waals surface area contributed by atoms with Crippen LogP contribution in [-0.2, 0) is 16.1 Å². The van der Waals surface area contributed by atoms with Gasteiger partial charge in [-0.3, -0.25) is 14.2 Å². The predicted octanol–water partition coefficient (Wildman–Crippen LogP) is 2.43. The van der Waals surface area contributed by atoms with Gasteiger partial charge in [0.05, 0.1) is 24.4 Å². The number of amides is 1. The Labute approximate surface area is 152 Å². The minimum Gasteiger partial charge on any atom is -0.375 e. The van der Waals surface area contributed by atoms with E-state index in [4.69, 9.17) is 4.74 Å². The maximum Gasteiger partial charge on any atom is 0.263 e. The first-order chi connectivity index (χ1) is 12.1. The Morgan fingerprint density at radius 3 is 3.08 bits per heavy atom. The minimum atomic E-state index is -0.163. The molecular weight excluding hydrogens is 358 g/mol. The van der Waals surface area contributed by atoms with Gasteiger partial charge in [-0.1, -0.05) is 6.07 Å². The van der Waals surface area contributed by atoms with Crippen LogP contribution in [0.25, 0.3) is 20.7 Å². The lowest BCUT2D eigenvalue weighted by Gasteiger charge is -2.31. The van der Waals surface area contributed by atoms with Crippen LogP contribution in [0, 0.1) is 0 Å². The van der Waals surface area contributed by atoms with E-state index in [2.05, 4.69) is 4.98 Å². The fourth-order valence-corrected chi connectivity index (χ4v) is 4.70. The Bertz CT molecular complexity index is 961. The molecule has 0 N–H and O–H groups in total. The Morgan fingerprint density at radius 1 is 1.44 bits per heavy atom. The van der Waals surface area contributed by atoms with Gasteiger partial charge >= 0.3 is 0 Å². The molecule has 1 fully saturated rings. The molecule has 1 atom stereocenters. The normalized spacial score (nSPS) is 18.0. The summed E-state index contributed by atoms with van der Waals surface area (Å²) in [7, 11) is 0. The number of hydrogen-bond acceptors (Lipinski definition) is 6. The summed E-state index contributed by atoms with van der Waals surface area (Å²) < 4.78 is 6.88. The van der Waals surface area contributed by atoms with Crippen molar-refractivity contribution >= 4 is 38.8 Å². The minimum absolute atomic E-state index is 0.00816. The van der Waals surface area contributed by atoms with Crippen molar-refractivity contribution < 1.29 is 9.53 Å². The summed E-state index contributed by atoms with van der Waals surface area (Å²) >= 11 is 3.04. The van der Waals surface area contributed by atoms with E-state index < -0.39 is 0 Å². The third kappa shape index (κ3) is 3.12. The van der Waals surface area contributed by atoms with Gasteiger partial charge in [0.15, 0.2) is 0 Å². The van der Waals surface area contributed by atoms with E-state index in [1.165, 1.54) is 22.2 Å². The van der Waals surface area contributed by atoms with Crippen molar-refractivity contribution in [3.05, 3.63) is 39.6 Å². The zero-order valence-corrected chi connectivity index (χ0v) is 15.3. The molecule has 3 aromatic heterocycles. The maximum atomic E-state index is 12.9. The lowest BCUT2D eigenvalue weighted by atomic mass is 10.2. The van der Waals surface area contributed by atoms with Crippen LogP contribution in [0.15, 0.2) is 34.0 Å². The third-order valence-corrected chi connectivity index (χ3v) is 6.04. The Morgan fingerprint density at radius 2 is 2.32 bits per heavy atom. The highest BCUT2D eigenvalue weighted by Gasteiger charge is 2.22. The number of morpholine rings is 1. The van der Waals surface area contributed by atoms with Crippen LogP contribution in [0.4, 0.5) is 0 Å². The highest BCUT2D eigenvalue weighted by Crippen LogP contribution is 2.33. The molecule has 1 aliphatic heterocycles. The zero-order valence-electron chi connectivity index (χ0n) is 13.7. The van der Waals surface area contributed by atoms with Crippen molar-refractivity contribution in [3.8, 4) is 10.4 Å². The van der Waals surface area contributed by atoms with Crippen molar-refractivity contribution in [3.63, 3.8) is 0 Å². The number of thiophene rings is 2. The van der Waals surface area contributed by atoms with Gasteiger partial charge in [-0.15, -0.1) is 22.7 Å². The first kappa shape index (κ1) is 16.4. The summed E-state index contributed by atoms with van der Waals surface area (Å²) in [6.45, 7) is 3.60. The molecule has 8 heteroatoms. The average Bonchev–Trinajstić information content (AvgIpc) is 3.26. The Hall–Kier alpha value is -2.03. The van der Waals surface area contributed by atoms with Crippen molar-refractivity contribution in [2.75, 3.05) is 19.7 Å². The highest BCUT2D eigenvalue weighted by atomic mass is 32.1. The van der Waals surface area contributed by atoms with Crippen LogP contribution in [0.1, 0.15) is 6.92 Å². The Kier molecular flexibility index (Phi) is 4.41. The smallest absolute Gasteiger partial charge is 0.263 e. The van der Waals surface area contributed by atoms with Crippen molar-refractivity contribution in [1.82, 2.24) is 14.5 Å². The second kappa shape index (κ2) is 6.70. The maximum absolute atomic E-state index is 12.9. The molecule has 130 valence electrons. The van der Waals surface area contributed by atoms with E-state index in [1.807, 2.05) is 29.8 Å². The molecule has 3 aromatic rings. The zero-order chi connectivity index (χ0) is 17.4. The van der Waals surface area contributed by atoms with Crippen LogP contribution >= 0.6 is 22.7 Å². The molecule has 0 radical (unpaired) electrons. The number of rotatable bonds is 3. The molecule has 25 heavy (non-hydrogen) atoms. The van der Waals surface area contributed by atoms with Gasteiger partial charge in [0.1, 0.15) is 11.4 Å². The molecule has 4 rings (SSSR count). The van der Waals surface area contributed by atoms with E-state index in [0.29, 0.717) is 29.9 Å². The third-order valence-electron chi connectivity index (χ3n) is 4.25. The lowest BCUT2D eigenvalue weighted by molar-refractivity contribution is -0.138. The summed E-state index contributed by atoms with van der Waals surface area (Å²) in [6, 6.07) is 3.95. The fourth-order valence-electron chi connectivity index (χ4n) is 2.98. The molecule has 1 amide bonds. The number of ether oxygens (including phenoxy) is 1. The molecule has 6 nitrogen and oxygen atoms in total. The van der Waals surface area contributed by atoms with E-state index in [1.54, 1.807) is 16.2 Å². The molecule has 0 bridgehead atoms. The van der Waals surface area contributed by atoms with E-state index in [0.717, 1.165) is 10.4 Å². The van der Waals surface area contributed by atoms with Crippen LogP contribution < -0.4 is 5.56 Å². The monoisotopic (exact) mass is 375 g/mol. The molecule has 1 aliphatic rings. The van der Waals surface area contributed by atoms with Gasteiger partial charge in [0.25, 0.3) is 5.56 Å². The van der Waals surface area contributed by atoms with Crippen molar-refractivity contribution in [2.24, 2.45) is 0 Å². The second-order valence-corrected chi connectivity index (χ2v) is 7.81. The van der Waals surface area contributed by atoms with Crippen LogP contribution in [0.5, 0.6) is 0 Å². The predicted molar refractivity (Wildman–Crippen MR) is 99.2 cm³/mol. The summed E-state index contributed by atoms with van der Waals surface area (Å²) in [5.41, 5.74) is 0.735. The first-order valence-electron chi connectivity index (χ1n) is 8.03. The fraction of sp³-hybridized carbons (Fsp3) is 0.353.